The first-order valence-corrected chi connectivity index (χ1v) is 9.57. The number of hydrogen-bond acceptors (Lipinski definition) is 3. The Balaban J connectivity index is 1.87. The predicted octanol–water partition coefficient (Wildman–Crippen LogP) is 4.02. The molecule has 0 fully saturated rings. The average molecular weight is 429 g/mol. The lowest BCUT2D eigenvalue weighted by atomic mass is 10.3. The number of halogens is 1. The molecule has 1 unspecified atom stereocenters. The minimum atomic E-state index is -0.301. The summed E-state index contributed by atoms with van der Waals surface area (Å²) in [5, 5.41) is 5.81. The average Bonchev–Trinajstić information content (AvgIpc) is 3.02. The minimum absolute atomic E-state index is 0.0552. The molecule has 0 bridgehead atoms. The molecule has 3 aromatic rings. The summed E-state index contributed by atoms with van der Waals surface area (Å²) in [5.41, 5.74) is 2.37. The van der Waals surface area contributed by atoms with Gasteiger partial charge in [0.1, 0.15) is 12.4 Å². The van der Waals surface area contributed by atoms with Crippen LogP contribution in [0.5, 0.6) is 0 Å². The number of carbonyl (C=O) groups is 2. The van der Waals surface area contributed by atoms with Gasteiger partial charge in [0, 0.05) is 16.6 Å². The van der Waals surface area contributed by atoms with Crippen molar-refractivity contribution in [1.29, 1.82) is 0 Å². The molecule has 1 aromatic heterocycles. The Hall–Kier alpha value is -2.67. The second-order valence-corrected chi connectivity index (χ2v) is 7.16. The Morgan fingerprint density at radius 2 is 1.81 bits per heavy atom. The first-order chi connectivity index (χ1) is 13.0. The van der Waals surface area contributed by atoms with E-state index in [0.29, 0.717) is 12.2 Å². The largest absolute Gasteiger partial charge is 0.346 e. The van der Waals surface area contributed by atoms with Crippen molar-refractivity contribution in [2.24, 2.45) is 0 Å². The summed E-state index contributed by atoms with van der Waals surface area (Å²) >= 11 is 3.38. The lowest BCUT2D eigenvalue weighted by Gasteiger charge is -2.16. The number of imidazole rings is 1. The van der Waals surface area contributed by atoms with Crippen molar-refractivity contribution in [3.8, 4) is 0 Å². The van der Waals surface area contributed by atoms with Crippen LogP contribution >= 0.6 is 15.9 Å². The fraction of sp³-hybridized carbons (Fsp3) is 0.250. The maximum Gasteiger partial charge on any atom is 0.244 e. The van der Waals surface area contributed by atoms with Gasteiger partial charge in [-0.05, 0) is 43.3 Å². The number of benzene rings is 2. The highest BCUT2D eigenvalue weighted by Crippen LogP contribution is 2.21. The molecule has 2 aromatic carbocycles. The quantitative estimate of drug-likeness (QED) is 0.622. The summed E-state index contributed by atoms with van der Waals surface area (Å²) < 4.78 is 2.80. The molecule has 0 aliphatic rings. The van der Waals surface area contributed by atoms with E-state index in [2.05, 4.69) is 31.5 Å². The van der Waals surface area contributed by atoms with E-state index in [-0.39, 0.29) is 24.4 Å². The molecule has 2 amide bonds. The van der Waals surface area contributed by atoms with Crippen molar-refractivity contribution in [1.82, 2.24) is 14.9 Å². The Morgan fingerprint density at radius 1 is 1.11 bits per heavy atom. The summed E-state index contributed by atoms with van der Waals surface area (Å²) in [6.45, 7) is 3.78. The lowest BCUT2D eigenvalue weighted by molar-refractivity contribution is -0.121. The maximum atomic E-state index is 12.6. The summed E-state index contributed by atoms with van der Waals surface area (Å²) in [7, 11) is 0. The van der Waals surface area contributed by atoms with Gasteiger partial charge < -0.3 is 15.2 Å². The van der Waals surface area contributed by atoms with Crippen LogP contribution in [-0.2, 0) is 16.1 Å². The van der Waals surface area contributed by atoms with E-state index in [1.54, 1.807) is 6.92 Å². The topological polar surface area (TPSA) is 76.0 Å². The number of aromatic nitrogens is 2. The Labute approximate surface area is 166 Å². The van der Waals surface area contributed by atoms with Crippen molar-refractivity contribution in [3.63, 3.8) is 0 Å². The monoisotopic (exact) mass is 428 g/mol. The first kappa shape index (κ1) is 19.1. The van der Waals surface area contributed by atoms with Crippen molar-refractivity contribution >= 4 is 44.5 Å². The summed E-state index contributed by atoms with van der Waals surface area (Å²) in [4.78, 5) is 29.0. The third-order valence-corrected chi connectivity index (χ3v) is 4.73. The number of nitrogens with one attached hydrogen (secondary N) is 2. The number of para-hydroxylation sites is 2. The zero-order valence-corrected chi connectivity index (χ0v) is 16.8. The Kier molecular flexibility index (Phi) is 5.91. The number of amides is 2. The molecule has 0 saturated heterocycles. The van der Waals surface area contributed by atoms with E-state index in [9.17, 15) is 9.59 Å². The molecule has 0 saturated carbocycles. The third-order valence-electron chi connectivity index (χ3n) is 4.20. The van der Waals surface area contributed by atoms with Gasteiger partial charge in [0.05, 0.1) is 17.1 Å². The molecule has 6 nitrogen and oxygen atoms in total. The Morgan fingerprint density at radius 3 is 2.52 bits per heavy atom. The van der Waals surface area contributed by atoms with Crippen LogP contribution in [-0.4, -0.2) is 21.4 Å². The molecule has 0 aliphatic carbocycles. The molecule has 1 atom stereocenters. The number of carbonyl (C=O) groups excluding carboxylic acids is 2. The maximum absolute atomic E-state index is 12.6. The number of anilines is 1. The molecular weight excluding hydrogens is 408 g/mol. The van der Waals surface area contributed by atoms with Gasteiger partial charge in [0.2, 0.25) is 11.8 Å². The molecule has 3 rings (SSSR count). The first-order valence-electron chi connectivity index (χ1n) is 8.78. The summed E-state index contributed by atoms with van der Waals surface area (Å²) in [5.74, 6) is 0.445. The van der Waals surface area contributed by atoms with Crippen LogP contribution in [0, 0.1) is 0 Å². The molecule has 140 valence electrons. The van der Waals surface area contributed by atoms with Crippen molar-refractivity contribution < 1.29 is 9.59 Å². The highest BCUT2D eigenvalue weighted by molar-refractivity contribution is 9.10. The van der Waals surface area contributed by atoms with Gasteiger partial charge in [0.25, 0.3) is 0 Å². The van der Waals surface area contributed by atoms with E-state index >= 15 is 0 Å². The van der Waals surface area contributed by atoms with Gasteiger partial charge in [0.15, 0.2) is 0 Å². The van der Waals surface area contributed by atoms with Crippen LogP contribution in [0.3, 0.4) is 0 Å². The van der Waals surface area contributed by atoms with Gasteiger partial charge in [-0.1, -0.05) is 35.0 Å². The van der Waals surface area contributed by atoms with Gasteiger partial charge >= 0.3 is 0 Å². The van der Waals surface area contributed by atoms with E-state index in [4.69, 9.17) is 0 Å². The van der Waals surface area contributed by atoms with E-state index in [1.807, 2.05) is 60.0 Å². The molecular formula is C20H21BrN4O2. The van der Waals surface area contributed by atoms with Gasteiger partial charge in [-0.15, -0.1) is 0 Å². The zero-order chi connectivity index (χ0) is 19.4. The Bertz CT molecular complexity index is 966. The van der Waals surface area contributed by atoms with Crippen molar-refractivity contribution in [2.75, 3.05) is 5.32 Å². The second-order valence-electron chi connectivity index (χ2n) is 6.24. The molecule has 0 spiro atoms. The van der Waals surface area contributed by atoms with Gasteiger partial charge in [-0.3, -0.25) is 9.59 Å². The fourth-order valence-electron chi connectivity index (χ4n) is 2.88. The third kappa shape index (κ3) is 4.54. The summed E-state index contributed by atoms with van der Waals surface area (Å²) in [6.07, 6.45) is 0.397. The van der Waals surface area contributed by atoms with Crippen molar-refractivity contribution in [3.05, 3.63) is 58.8 Å². The summed E-state index contributed by atoms with van der Waals surface area (Å²) in [6, 6.07) is 14.7. The van der Waals surface area contributed by atoms with Gasteiger partial charge in [-0.2, -0.15) is 0 Å². The van der Waals surface area contributed by atoms with Crippen LogP contribution in [0.2, 0.25) is 0 Å². The number of hydrogen-bond donors (Lipinski definition) is 2. The second kappa shape index (κ2) is 8.35. The van der Waals surface area contributed by atoms with Crippen molar-refractivity contribution in [2.45, 2.75) is 32.9 Å². The number of fused-ring (bicyclic) bond motifs is 1. The zero-order valence-electron chi connectivity index (χ0n) is 15.2. The fourth-order valence-corrected chi connectivity index (χ4v) is 3.14. The van der Waals surface area contributed by atoms with Crippen LogP contribution in [0.4, 0.5) is 5.69 Å². The number of rotatable bonds is 6. The van der Waals surface area contributed by atoms with E-state index < -0.39 is 0 Å². The van der Waals surface area contributed by atoms with E-state index in [1.165, 1.54) is 0 Å². The van der Waals surface area contributed by atoms with Gasteiger partial charge in [-0.25, -0.2) is 4.98 Å². The molecule has 2 N–H and O–H groups in total. The molecule has 27 heavy (non-hydrogen) atoms. The van der Waals surface area contributed by atoms with Crippen LogP contribution in [0.25, 0.3) is 11.0 Å². The lowest BCUT2D eigenvalue weighted by Crippen LogP contribution is -2.29. The highest BCUT2D eigenvalue weighted by atomic mass is 79.9. The molecule has 7 heteroatoms. The SMILES string of the molecule is CCC(=O)NC(C)c1nc2ccccc2n1CC(=O)Nc1ccc(Br)cc1. The molecule has 1 heterocycles. The van der Waals surface area contributed by atoms with Crippen LogP contribution in [0.1, 0.15) is 32.1 Å². The van der Waals surface area contributed by atoms with Crippen LogP contribution in [0.15, 0.2) is 53.0 Å². The highest BCUT2D eigenvalue weighted by Gasteiger charge is 2.19. The van der Waals surface area contributed by atoms with Crippen LogP contribution < -0.4 is 10.6 Å². The molecule has 0 aliphatic heterocycles. The molecule has 0 radical (unpaired) electrons. The normalized spacial score (nSPS) is 12.0. The number of nitrogens with zero attached hydrogens (tertiary/aromatic N) is 2. The van der Waals surface area contributed by atoms with E-state index in [0.717, 1.165) is 21.2 Å². The standard InChI is InChI=1S/C20H21BrN4O2/c1-3-18(26)22-13(2)20-24-16-6-4-5-7-17(16)25(20)12-19(27)23-15-10-8-14(21)9-11-15/h4-11,13H,3,12H2,1-2H3,(H,22,26)(H,23,27). The smallest absolute Gasteiger partial charge is 0.244 e. The minimum Gasteiger partial charge on any atom is -0.346 e. The predicted molar refractivity (Wildman–Crippen MR) is 109 cm³/mol.